The van der Waals surface area contributed by atoms with Crippen LogP contribution in [-0.4, -0.2) is 29.3 Å². The molecule has 104 valence electrons. The van der Waals surface area contributed by atoms with Gasteiger partial charge >= 0.3 is 6.09 Å². The summed E-state index contributed by atoms with van der Waals surface area (Å²) >= 11 is 5.95. The normalized spacial score (nSPS) is 20.2. The van der Waals surface area contributed by atoms with Gasteiger partial charge in [0.15, 0.2) is 0 Å². The number of amides is 1. The number of nitrogens with zero attached hydrogens (tertiary/aromatic N) is 2. The molecule has 1 amide bonds. The molecule has 1 aromatic rings. The number of hydrogen-bond donors (Lipinski definition) is 1. The first-order valence-corrected chi connectivity index (χ1v) is 6.74. The van der Waals surface area contributed by atoms with Crippen molar-refractivity contribution in [1.29, 1.82) is 0 Å². The van der Waals surface area contributed by atoms with Crippen LogP contribution in [0.1, 0.15) is 36.4 Å². The minimum Gasteiger partial charge on any atom is -0.434 e. The maximum absolute atomic E-state index is 10.7. The molecule has 0 saturated carbocycles. The Morgan fingerprint density at radius 3 is 3.11 bits per heavy atom. The molecule has 5 nitrogen and oxygen atoms in total. The van der Waals surface area contributed by atoms with Gasteiger partial charge in [-0.1, -0.05) is 18.0 Å². The second-order valence-electron chi connectivity index (χ2n) is 4.79. The van der Waals surface area contributed by atoms with Crippen molar-refractivity contribution in [2.24, 2.45) is 5.73 Å². The van der Waals surface area contributed by atoms with E-state index in [1.807, 2.05) is 13.0 Å². The number of hydrogen-bond acceptors (Lipinski definition) is 4. The number of piperidine rings is 1. The summed E-state index contributed by atoms with van der Waals surface area (Å²) in [7, 11) is 0. The van der Waals surface area contributed by atoms with Gasteiger partial charge in [0.25, 0.3) is 0 Å². The number of likely N-dealkylation sites (tertiary alicyclic amines) is 1. The Balaban J connectivity index is 2.13. The van der Waals surface area contributed by atoms with Gasteiger partial charge in [-0.15, -0.1) is 0 Å². The number of halogens is 1. The first-order valence-electron chi connectivity index (χ1n) is 6.36. The Morgan fingerprint density at radius 2 is 2.42 bits per heavy atom. The molecule has 1 fully saturated rings. The highest BCUT2D eigenvalue weighted by Gasteiger charge is 2.25. The molecular weight excluding hydrogens is 266 g/mol. The molecular formula is C13H18ClN3O2. The smallest absolute Gasteiger partial charge is 0.405 e. The summed E-state index contributed by atoms with van der Waals surface area (Å²) in [4.78, 5) is 17.0. The van der Waals surface area contributed by atoms with Crippen LogP contribution >= 0.6 is 11.6 Å². The van der Waals surface area contributed by atoms with Gasteiger partial charge < -0.3 is 10.5 Å². The van der Waals surface area contributed by atoms with E-state index in [-0.39, 0.29) is 12.8 Å². The molecule has 1 atom stereocenters. The molecule has 6 heteroatoms. The van der Waals surface area contributed by atoms with Crippen LogP contribution in [0.3, 0.4) is 0 Å². The number of aryl methyl sites for hydroxylation is 1. The highest BCUT2D eigenvalue weighted by molar-refractivity contribution is 6.30. The molecule has 0 spiro atoms. The average Bonchev–Trinajstić information content (AvgIpc) is 2.40. The number of carbonyl (C=O) groups is 1. The van der Waals surface area contributed by atoms with Crippen molar-refractivity contribution >= 4 is 17.7 Å². The third-order valence-electron chi connectivity index (χ3n) is 3.41. The Hall–Kier alpha value is -1.33. The minimum atomic E-state index is -0.741. The van der Waals surface area contributed by atoms with Gasteiger partial charge in [-0.3, -0.25) is 4.90 Å². The van der Waals surface area contributed by atoms with Crippen molar-refractivity contribution < 1.29 is 9.53 Å². The lowest BCUT2D eigenvalue weighted by molar-refractivity contribution is 0.0287. The SMILES string of the molecule is Cc1cc([C@@H]2CCCCN2COC(N)=O)cnc1Cl. The molecule has 1 aliphatic rings. The Bertz CT molecular complexity index is 467. The molecule has 1 aliphatic heterocycles. The van der Waals surface area contributed by atoms with E-state index in [9.17, 15) is 4.79 Å². The topological polar surface area (TPSA) is 68.5 Å². The van der Waals surface area contributed by atoms with Crippen molar-refractivity contribution in [3.05, 3.63) is 28.5 Å². The van der Waals surface area contributed by atoms with Crippen molar-refractivity contribution in [3.8, 4) is 0 Å². The van der Waals surface area contributed by atoms with Crippen LogP contribution in [0.25, 0.3) is 0 Å². The molecule has 2 N–H and O–H groups in total. The second-order valence-corrected chi connectivity index (χ2v) is 5.15. The Kier molecular flexibility index (Phi) is 4.61. The van der Waals surface area contributed by atoms with Crippen LogP contribution in [0.2, 0.25) is 5.15 Å². The number of aromatic nitrogens is 1. The van der Waals surface area contributed by atoms with Gasteiger partial charge in [0.1, 0.15) is 11.9 Å². The number of rotatable bonds is 3. The molecule has 2 heterocycles. The summed E-state index contributed by atoms with van der Waals surface area (Å²) in [5, 5.41) is 0.527. The molecule has 0 bridgehead atoms. The van der Waals surface area contributed by atoms with E-state index in [4.69, 9.17) is 22.1 Å². The maximum Gasteiger partial charge on any atom is 0.405 e. The third-order valence-corrected chi connectivity index (χ3v) is 3.80. The van der Waals surface area contributed by atoms with Gasteiger partial charge in [-0.2, -0.15) is 0 Å². The largest absolute Gasteiger partial charge is 0.434 e. The predicted octanol–water partition coefficient (Wildman–Crippen LogP) is 2.62. The molecule has 1 saturated heterocycles. The van der Waals surface area contributed by atoms with Gasteiger partial charge in [0, 0.05) is 18.8 Å². The first kappa shape index (κ1) is 14.1. The van der Waals surface area contributed by atoms with Crippen LogP contribution in [-0.2, 0) is 4.74 Å². The van der Waals surface area contributed by atoms with E-state index in [0.29, 0.717) is 5.15 Å². The zero-order valence-electron chi connectivity index (χ0n) is 10.9. The van der Waals surface area contributed by atoms with E-state index >= 15 is 0 Å². The quantitative estimate of drug-likeness (QED) is 0.866. The van der Waals surface area contributed by atoms with Crippen LogP contribution in [0.15, 0.2) is 12.3 Å². The number of primary amides is 1. The van der Waals surface area contributed by atoms with Crippen LogP contribution in [0, 0.1) is 6.92 Å². The standard InChI is InChI=1S/C13H18ClN3O2/c1-9-6-10(7-16-12(9)14)11-4-2-3-5-17(11)8-19-13(15)18/h6-7,11H,2-5,8H2,1H3,(H2,15,18)/t11-/m0/s1. The summed E-state index contributed by atoms with van der Waals surface area (Å²) in [5.74, 6) is 0. The number of nitrogens with two attached hydrogens (primary N) is 1. The first-order chi connectivity index (χ1) is 9.08. The van der Waals surface area contributed by atoms with Gasteiger partial charge in [0.2, 0.25) is 0 Å². The number of pyridine rings is 1. The minimum absolute atomic E-state index is 0.205. The fourth-order valence-corrected chi connectivity index (χ4v) is 2.53. The van der Waals surface area contributed by atoms with Gasteiger partial charge in [-0.05, 0) is 37.0 Å². The third kappa shape index (κ3) is 3.58. The molecule has 0 radical (unpaired) electrons. The van der Waals surface area contributed by atoms with E-state index < -0.39 is 6.09 Å². The van der Waals surface area contributed by atoms with E-state index in [0.717, 1.165) is 36.9 Å². The van der Waals surface area contributed by atoms with Crippen molar-refractivity contribution in [3.63, 3.8) is 0 Å². The van der Waals surface area contributed by atoms with Crippen molar-refractivity contribution in [2.75, 3.05) is 13.3 Å². The summed E-state index contributed by atoms with van der Waals surface area (Å²) in [6.45, 7) is 3.05. The molecule has 19 heavy (non-hydrogen) atoms. The fraction of sp³-hybridized carbons (Fsp3) is 0.538. The van der Waals surface area contributed by atoms with E-state index in [1.54, 1.807) is 6.20 Å². The lowest BCUT2D eigenvalue weighted by atomic mass is 9.96. The predicted molar refractivity (Wildman–Crippen MR) is 72.8 cm³/mol. The van der Waals surface area contributed by atoms with Crippen LogP contribution in [0.5, 0.6) is 0 Å². The zero-order chi connectivity index (χ0) is 13.8. The Labute approximate surface area is 117 Å². The van der Waals surface area contributed by atoms with E-state index in [2.05, 4.69) is 9.88 Å². The Morgan fingerprint density at radius 1 is 1.63 bits per heavy atom. The van der Waals surface area contributed by atoms with Crippen LogP contribution in [0.4, 0.5) is 4.79 Å². The van der Waals surface area contributed by atoms with Crippen LogP contribution < -0.4 is 5.73 Å². The fourth-order valence-electron chi connectivity index (χ4n) is 2.43. The zero-order valence-corrected chi connectivity index (χ0v) is 11.7. The molecule has 0 aliphatic carbocycles. The highest BCUT2D eigenvalue weighted by Crippen LogP contribution is 2.31. The number of carbonyl (C=O) groups excluding carboxylic acids is 1. The lowest BCUT2D eigenvalue weighted by Gasteiger charge is -2.35. The molecule has 0 aromatic carbocycles. The molecule has 1 aromatic heterocycles. The van der Waals surface area contributed by atoms with Gasteiger partial charge in [-0.25, -0.2) is 9.78 Å². The lowest BCUT2D eigenvalue weighted by Crippen LogP contribution is -2.36. The van der Waals surface area contributed by atoms with Gasteiger partial charge in [0.05, 0.1) is 0 Å². The summed E-state index contributed by atoms with van der Waals surface area (Å²) < 4.78 is 4.91. The second kappa shape index (κ2) is 6.21. The summed E-state index contributed by atoms with van der Waals surface area (Å²) in [5.41, 5.74) is 7.09. The van der Waals surface area contributed by atoms with E-state index in [1.165, 1.54) is 0 Å². The summed E-state index contributed by atoms with van der Waals surface area (Å²) in [6, 6.07) is 2.25. The summed E-state index contributed by atoms with van der Waals surface area (Å²) in [6.07, 6.45) is 4.32. The van der Waals surface area contributed by atoms with Crippen molar-refractivity contribution in [2.45, 2.75) is 32.2 Å². The van der Waals surface area contributed by atoms with Crippen molar-refractivity contribution in [1.82, 2.24) is 9.88 Å². The average molecular weight is 284 g/mol. The maximum atomic E-state index is 10.7. The monoisotopic (exact) mass is 283 g/mol. The molecule has 0 unspecified atom stereocenters. The molecule has 2 rings (SSSR count). The number of ether oxygens (including phenoxy) is 1. The highest BCUT2D eigenvalue weighted by atomic mass is 35.5.